The lowest BCUT2D eigenvalue weighted by atomic mass is 10.3. The van der Waals surface area contributed by atoms with Gasteiger partial charge in [-0.15, -0.1) is 0 Å². The molecule has 3 rings (SSSR count). The first-order chi connectivity index (χ1) is 7.31. The second-order valence-corrected chi connectivity index (χ2v) is 3.64. The van der Waals surface area contributed by atoms with Gasteiger partial charge >= 0.3 is 0 Å². The predicted octanol–water partition coefficient (Wildman–Crippen LogP) is 2.37. The third kappa shape index (κ3) is 0.934. The van der Waals surface area contributed by atoms with Crippen molar-refractivity contribution in [2.45, 2.75) is 6.92 Å². The highest BCUT2D eigenvalue weighted by Crippen LogP contribution is 2.19. The average Bonchev–Trinajstić information content (AvgIpc) is 2.79. The van der Waals surface area contributed by atoms with E-state index >= 15 is 0 Å². The summed E-state index contributed by atoms with van der Waals surface area (Å²) in [6.07, 6.45) is 5.89. The molecule has 3 aromatic heterocycles. The van der Waals surface area contributed by atoms with Gasteiger partial charge in [0.05, 0.1) is 11.0 Å². The summed E-state index contributed by atoms with van der Waals surface area (Å²) in [6, 6.07) is 8.33. The van der Waals surface area contributed by atoms with E-state index in [-0.39, 0.29) is 0 Å². The van der Waals surface area contributed by atoms with Gasteiger partial charge in [0, 0.05) is 18.6 Å². The number of hydrogen-bond acceptors (Lipinski definition) is 1. The topological polar surface area (TPSA) is 32.6 Å². The number of nitrogens with zero attached hydrogens (tertiary/aromatic N) is 3. The highest BCUT2D eigenvalue weighted by molar-refractivity contribution is 5.78. The average molecular weight is 195 g/mol. The van der Waals surface area contributed by atoms with Gasteiger partial charge in [0.2, 0.25) is 0 Å². The highest BCUT2D eigenvalue weighted by Gasteiger charge is 2.08. The van der Waals surface area contributed by atoms with Gasteiger partial charge in [-0.05, 0) is 30.7 Å². The summed E-state index contributed by atoms with van der Waals surface area (Å²) in [5.74, 6) is 0. The van der Waals surface area contributed by atoms with Crippen LogP contribution in [0.4, 0.5) is 0 Å². The van der Waals surface area contributed by atoms with Crippen molar-refractivity contribution in [3.8, 4) is 6.07 Å². The van der Waals surface area contributed by atoms with Crippen molar-refractivity contribution in [1.82, 2.24) is 8.80 Å². The zero-order chi connectivity index (χ0) is 10.4. The molecule has 15 heavy (non-hydrogen) atoms. The molecular weight excluding hydrogens is 186 g/mol. The molecule has 3 aromatic rings. The van der Waals surface area contributed by atoms with E-state index in [0.717, 1.165) is 16.6 Å². The maximum atomic E-state index is 9.05. The monoisotopic (exact) mass is 195 g/mol. The van der Waals surface area contributed by atoms with Gasteiger partial charge in [0.25, 0.3) is 0 Å². The third-order valence-electron chi connectivity index (χ3n) is 2.75. The SMILES string of the molecule is Cc1cc2c3cccn3ccn2c1C#N. The second-order valence-electron chi connectivity index (χ2n) is 3.64. The van der Waals surface area contributed by atoms with Gasteiger partial charge < -0.3 is 8.80 Å². The van der Waals surface area contributed by atoms with Crippen LogP contribution in [0.3, 0.4) is 0 Å². The third-order valence-corrected chi connectivity index (χ3v) is 2.75. The van der Waals surface area contributed by atoms with Gasteiger partial charge in [0.1, 0.15) is 11.8 Å². The predicted molar refractivity (Wildman–Crippen MR) is 57.8 cm³/mol. The Kier molecular flexibility index (Phi) is 1.43. The Labute approximate surface area is 86.8 Å². The Hall–Kier alpha value is -2.21. The van der Waals surface area contributed by atoms with Crippen LogP contribution in [0.15, 0.2) is 36.8 Å². The zero-order valence-electron chi connectivity index (χ0n) is 8.31. The molecule has 0 saturated carbocycles. The maximum absolute atomic E-state index is 9.05. The lowest BCUT2D eigenvalue weighted by molar-refractivity contribution is 1.08. The summed E-state index contributed by atoms with van der Waals surface area (Å²) in [7, 11) is 0. The maximum Gasteiger partial charge on any atom is 0.127 e. The molecule has 0 spiro atoms. The molecule has 0 unspecified atom stereocenters. The highest BCUT2D eigenvalue weighted by atomic mass is 15.0. The Morgan fingerprint density at radius 1 is 1.20 bits per heavy atom. The zero-order valence-corrected chi connectivity index (χ0v) is 8.31. The van der Waals surface area contributed by atoms with Crippen molar-refractivity contribution in [3.05, 3.63) is 48.0 Å². The lowest BCUT2D eigenvalue weighted by Gasteiger charge is -1.99. The van der Waals surface area contributed by atoms with Crippen LogP contribution in [-0.4, -0.2) is 8.80 Å². The Morgan fingerprint density at radius 2 is 2.07 bits per heavy atom. The fourth-order valence-electron chi connectivity index (χ4n) is 2.03. The molecule has 72 valence electrons. The molecule has 0 N–H and O–H groups in total. The molecule has 0 amide bonds. The minimum absolute atomic E-state index is 0.716. The Balaban J connectivity index is 2.61. The minimum atomic E-state index is 0.716. The Morgan fingerprint density at radius 3 is 2.87 bits per heavy atom. The normalized spacial score (nSPS) is 10.9. The summed E-state index contributed by atoms with van der Waals surface area (Å²) in [5, 5.41) is 9.05. The number of rotatable bonds is 0. The van der Waals surface area contributed by atoms with E-state index in [2.05, 4.69) is 16.5 Å². The number of hydrogen-bond donors (Lipinski definition) is 0. The van der Waals surface area contributed by atoms with Crippen molar-refractivity contribution < 1.29 is 0 Å². The van der Waals surface area contributed by atoms with Gasteiger partial charge in [-0.3, -0.25) is 0 Å². The van der Waals surface area contributed by atoms with E-state index in [4.69, 9.17) is 5.26 Å². The van der Waals surface area contributed by atoms with E-state index in [1.54, 1.807) is 0 Å². The molecule has 3 heterocycles. The minimum Gasteiger partial charge on any atom is -0.320 e. The van der Waals surface area contributed by atoms with E-state index < -0.39 is 0 Å². The van der Waals surface area contributed by atoms with Crippen molar-refractivity contribution in [2.75, 3.05) is 0 Å². The number of fused-ring (bicyclic) bond motifs is 3. The van der Waals surface area contributed by atoms with Crippen LogP contribution in [0.1, 0.15) is 11.3 Å². The van der Waals surface area contributed by atoms with E-state index in [0.29, 0.717) is 5.69 Å². The largest absolute Gasteiger partial charge is 0.320 e. The smallest absolute Gasteiger partial charge is 0.127 e. The number of nitriles is 1. The molecule has 0 aliphatic heterocycles. The molecule has 0 aliphatic carbocycles. The molecule has 0 aromatic carbocycles. The molecule has 0 radical (unpaired) electrons. The van der Waals surface area contributed by atoms with Crippen LogP contribution >= 0.6 is 0 Å². The number of aryl methyl sites for hydroxylation is 1. The lowest BCUT2D eigenvalue weighted by Crippen LogP contribution is -1.91. The van der Waals surface area contributed by atoms with Gasteiger partial charge in [-0.25, -0.2) is 0 Å². The van der Waals surface area contributed by atoms with Gasteiger partial charge in [-0.1, -0.05) is 0 Å². The van der Waals surface area contributed by atoms with Crippen LogP contribution in [0.5, 0.6) is 0 Å². The summed E-state index contributed by atoms with van der Waals surface area (Å²) in [5.41, 5.74) is 3.94. The van der Waals surface area contributed by atoms with Crippen molar-refractivity contribution >= 4 is 11.0 Å². The summed E-state index contributed by atoms with van der Waals surface area (Å²) in [4.78, 5) is 0. The first-order valence-electron chi connectivity index (χ1n) is 4.79. The van der Waals surface area contributed by atoms with E-state index in [9.17, 15) is 0 Å². The van der Waals surface area contributed by atoms with Crippen molar-refractivity contribution in [1.29, 1.82) is 5.26 Å². The second kappa shape index (κ2) is 2.64. The van der Waals surface area contributed by atoms with Crippen molar-refractivity contribution in [3.63, 3.8) is 0 Å². The molecular formula is C12H9N3. The summed E-state index contributed by atoms with van der Waals surface area (Å²) >= 11 is 0. The van der Waals surface area contributed by atoms with Crippen molar-refractivity contribution in [2.24, 2.45) is 0 Å². The van der Waals surface area contributed by atoms with Gasteiger partial charge in [0.15, 0.2) is 0 Å². The van der Waals surface area contributed by atoms with E-state index in [1.807, 2.05) is 42.0 Å². The summed E-state index contributed by atoms with van der Waals surface area (Å²) in [6.45, 7) is 1.96. The Bertz CT molecular complexity index is 695. The molecule has 3 nitrogen and oxygen atoms in total. The van der Waals surface area contributed by atoms with Crippen LogP contribution in [0, 0.1) is 18.3 Å². The molecule has 0 bridgehead atoms. The quantitative estimate of drug-likeness (QED) is 0.542. The fourth-order valence-corrected chi connectivity index (χ4v) is 2.03. The van der Waals surface area contributed by atoms with Crippen LogP contribution in [0.2, 0.25) is 0 Å². The fraction of sp³-hybridized carbons (Fsp3) is 0.0833. The molecule has 0 fully saturated rings. The molecule has 3 heteroatoms. The molecule has 0 aliphatic rings. The number of aromatic nitrogens is 2. The standard InChI is InChI=1S/C12H9N3/c1-9-7-11-10-3-2-4-14(10)5-6-15(11)12(9)8-13/h2-7H,1H3. The van der Waals surface area contributed by atoms with Crippen LogP contribution < -0.4 is 0 Å². The van der Waals surface area contributed by atoms with Gasteiger partial charge in [-0.2, -0.15) is 5.26 Å². The molecule has 0 saturated heterocycles. The first kappa shape index (κ1) is 8.13. The summed E-state index contributed by atoms with van der Waals surface area (Å²) < 4.78 is 3.99. The van der Waals surface area contributed by atoms with Crippen LogP contribution in [0.25, 0.3) is 11.0 Å². The molecule has 0 atom stereocenters. The first-order valence-corrected chi connectivity index (χ1v) is 4.79. The van der Waals surface area contributed by atoms with E-state index in [1.165, 1.54) is 0 Å². The van der Waals surface area contributed by atoms with Crippen LogP contribution in [-0.2, 0) is 0 Å².